The van der Waals surface area contributed by atoms with Crippen LogP contribution in [-0.4, -0.2) is 58.4 Å². The smallest absolute Gasteiger partial charge is 0.174 e. The quantitative estimate of drug-likeness (QED) is 0.284. The lowest BCUT2D eigenvalue weighted by Gasteiger charge is -2.63. The predicted molar refractivity (Wildman–Crippen MR) is 115 cm³/mol. The van der Waals surface area contributed by atoms with Gasteiger partial charge in [0.2, 0.25) is 0 Å². The van der Waals surface area contributed by atoms with Gasteiger partial charge in [-0.2, -0.15) is 0 Å². The Bertz CT molecular complexity index is 1170. The molecule has 4 aliphatic rings. The Morgan fingerprint density at radius 3 is 2.75 bits per heavy atom. The van der Waals surface area contributed by atoms with Gasteiger partial charge in [-0.05, 0) is 36.1 Å². The molecule has 1 unspecified atom stereocenters. The van der Waals surface area contributed by atoms with Gasteiger partial charge < -0.3 is 43.4 Å². The molecule has 2 aromatic carbocycles. The number of aromatic hydroxyl groups is 1. The summed E-state index contributed by atoms with van der Waals surface area (Å²) in [7, 11) is 2.18. The van der Waals surface area contributed by atoms with Crippen molar-refractivity contribution < 1.29 is 48.2 Å². The average Bonchev–Trinajstić information content (AvgIpc) is 3.13. The second-order valence-corrected chi connectivity index (χ2v) is 9.81. The lowest BCUT2D eigenvalue weighted by Crippen LogP contribution is -3.00. The molecule has 2 bridgehead atoms. The van der Waals surface area contributed by atoms with E-state index in [0.29, 0.717) is 42.5 Å². The van der Waals surface area contributed by atoms with E-state index in [4.69, 9.17) is 4.74 Å². The number of quaternary nitrogens is 1. The van der Waals surface area contributed by atoms with Crippen molar-refractivity contribution in [2.24, 2.45) is 0 Å². The molecular formula is C26H26INO4. The number of halogens is 1. The van der Waals surface area contributed by atoms with Gasteiger partial charge in [0.15, 0.2) is 23.4 Å². The van der Waals surface area contributed by atoms with Gasteiger partial charge >= 0.3 is 0 Å². The van der Waals surface area contributed by atoms with Gasteiger partial charge in [-0.15, -0.1) is 0 Å². The Morgan fingerprint density at radius 1 is 1.19 bits per heavy atom. The third kappa shape index (κ3) is 2.62. The van der Waals surface area contributed by atoms with E-state index < -0.39 is 17.1 Å². The molecule has 2 fully saturated rings. The summed E-state index contributed by atoms with van der Waals surface area (Å²) in [5.41, 5.74) is 1.13. The number of ether oxygens (including phenoxy) is 1. The molecule has 6 heteroatoms. The standard InChI is InChI=1S/C26H25NO4.HI/c1-27(14-5-8-17-6-3-2-4-7-17)15-13-25-22-18-9-10-19(28)23(22)31-24(25)20(29)11-12-26(25,30)21(27)16-18;/h2-4,6-7,9-10,21,24,30H,11-16H2,1H3;1H/t21-,24+,25+,26-,27?;/m1./s1. The molecule has 0 amide bonds. The first-order valence-electron chi connectivity index (χ1n) is 11.0. The van der Waals surface area contributed by atoms with Crippen molar-refractivity contribution in [2.75, 3.05) is 20.1 Å². The summed E-state index contributed by atoms with van der Waals surface area (Å²) < 4.78 is 6.75. The van der Waals surface area contributed by atoms with Crippen LogP contribution in [0, 0.1) is 11.8 Å². The van der Waals surface area contributed by atoms with Crippen molar-refractivity contribution in [3.05, 3.63) is 59.2 Å². The summed E-state index contributed by atoms with van der Waals surface area (Å²) in [5, 5.41) is 22.8. The van der Waals surface area contributed by atoms with Gasteiger partial charge in [0.25, 0.3) is 0 Å². The Labute approximate surface area is 205 Å². The molecule has 1 saturated heterocycles. The van der Waals surface area contributed by atoms with Crippen LogP contribution >= 0.6 is 0 Å². The molecular weight excluding hydrogens is 517 g/mol. The summed E-state index contributed by atoms with van der Waals surface area (Å²) in [6.45, 7) is 1.44. The minimum atomic E-state index is -1.06. The summed E-state index contributed by atoms with van der Waals surface area (Å²) in [6.07, 6.45) is 1.36. The Hall–Kier alpha value is -2.08. The number of aliphatic hydroxyl groups is 1. The minimum absolute atomic E-state index is 0. The summed E-state index contributed by atoms with van der Waals surface area (Å²) in [4.78, 5) is 12.9. The lowest BCUT2D eigenvalue weighted by atomic mass is 9.48. The lowest BCUT2D eigenvalue weighted by molar-refractivity contribution is -0.942. The van der Waals surface area contributed by atoms with Gasteiger partial charge in [-0.25, -0.2) is 0 Å². The maximum absolute atomic E-state index is 12.9. The number of Topliss-reactive ketones (excluding diaryl/α,β-unsaturated/α-hetero) is 1. The number of carbonyl (C=O) groups excluding carboxylic acids is 1. The van der Waals surface area contributed by atoms with Crippen LogP contribution in [0.25, 0.3) is 0 Å². The fourth-order valence-corrected chi connectivity index (χ4v) is 6.86. The molecule has 0 radical (unpaired) electrons. The molecule has 166 valence electrons. The zero-order valence-corrected chi connectivity index (χ0v) is 20.1. The highest BCUT2D eigenvalue weighted by Crippen LogP contribution is 2.65. The molecule has 2 aliphatic heterocycles. The van der Waals surface area contributed by atoms with Crippen LogP contribution in [0.3, 0.4) is 0 Å². The van der Waals surface area contributed by atoms with Crippen LogP contribution in [0.2, 0.25) is 0 Å². The second kappa shape index (κ2) is 7.21. The highest BCUT2D eigenvalue weighted by atomic mass is 127. The SMILES string of the molecule is C[N+]1(CC#Cc2ccccc2)CC[C@]23c4c5ccc(O)c4O[C@H]2C(=O)CC[C@@]3(O)[C@H]1C5.[I-]. The Balaban J connectivity index is 0.00000216. The van der Waals surface area contributed by atoms with Crippen LogP contribution < -0.4 is 28.7 Å². The second-order valence-electron chi connectivity index (χ2n) is 9.81. The molecule has 0 aromatic heterocycles. The zero-order valence-electron chi connectivity index (χ0n) is 18.0. The minimum Gasteiger partial charge on any atom is -1.00 e. The van der Waals surface area contributed by atoms with Gasteiger partial charge in [0.1, 0.15) is 18.2 Å². The first kappa shape index (κ1) is 21.7. The summed E-state index contributed by atoms with van der Waals surface area (Å²) in [6, 6.07) is 13.5. The summed E-state index contributed by atoms with van der Waals surface area (Å²) >= 11 is 0. The van der Waals surface area contributed by atoms with Crippen molar-refractivity contribution in [1.82, 2.24) is 0 Å². The number of ketones is 1. The molecule has 2 heterocycles. The number of phenolic OH excluding ortho intramolecular Hbond substituents is 1. The van der Waals surface area contributed by atoms with Crippen molar-refractivity contribution in [3.63, 3.8) is 0 Å². The number of carbonyl (C=O) groups is 1. The van der Waals surface area contributed by atoms with E-state index in [1.165, 1.54) is 0 Å². The summed E-state index contributed by atoms with van der Waals surface area (Å²) in [5.74, 6) is 7.14. The van der Waals surface area contributed by atoms with Crippen LogP contribution in [-0.2, 0) is 16.6 Å². The Morgan fingerprint density at radius 2 is 1.97 bits per heavy atom. The van der Waals surface area contributed by atoms with Crippen LogP contribution in [0.4, 0.5) is 0 Å². The van der Waals surface area contributed by atoms with E-state index in [9.17, 15) is 15.0 Å². The molecule has 2 N–H and O–H groups in total. The molecule has 2 aromatic rings. The van der Waals surface area contributed by atoms with Gasteiger partial charge in [0, 0.05) is 30.4 Å². The predicted octanol–water partition coefficient (Wildman–Crippen LogP) is -0.684. The average molecular weight is 543 g/mol. The molecule has 6 rings (SSSR count). The topological polar surface area (TPSA) is 66.8 Å². The maximum Gasteiger partial charge on any atom is 0.174 e. The van der Waals surface area contributed by atoms with Crippen molar-refractivity contribution in [2.45, 2.75) is 48.8 Å². The largest absolute Gasteiger partial charge is 1.00 e. The van der Waals surface area contributed by atoms with Crippen molar-refractivity contribution >= 4 is 5.78 Å². The fraction of sp³-hybridized carbons (Fsp3) is 0.423. The molecule has 5 nitrogen and oxygen atoms in total. The number of likely N-dealkylation sites (N-methyl/N-ethyl adjacent to an activating group) is 1. The number of benzene rings is 2. The first-order chi connectivity index (χ1) is 14.9. The number of hydrogen-bond acceptors (Lipinski definition) is 4. The normalized spacial score (nSPS) is 35.6. The van der Waals surface area contributed by atoms with E-state index in [2.05, 4.69) is 18.9 Å². The van der Waals surface area contributed by atoms with Crippen LogP contribution in [0.15, 0.2) is 42.5 Å². The van der Waals surface area contributed by atoms with Gasteiger partial charge in [-0.1, -0.05) is 30.2 Å². The van der Waals surface area contributed by atoms with Gasteiger partial charge in [0.05, 0.1) is 19.0 Å². The fourth-order valence-electron chi connectivity index (χ4n) is 6.86. The molecule has 1 spiro atoms. The Kier molecular flexibility index (Phi) is 4.90. The number of rotatable bonds is 1. The number of nitrogens with zero attached hydrogens (tertiary/aromatic N) is 1. The monoisotopic (exact) mass is 543 g/mol. The first-order valence-corrected chi connectivity index (χ1v) is 11.0. The third-order valence-corrected chi connectivity index (χ3v) is 8.35. The van der Waals surface area contributed by atoms with E-state index in [-0.39, 0.29) is 41.6 Å². The van der Waals surface area contributed by atoms with E-state index >= 15 is 0 Å². The zero-order chi connectivity index (χ0) is 21.4. The third-order valence-electron chi connectivity index (χ3n) is 8.35. The number of likely N-dealkylation sites (tertiary alicyclic amines) is 1. The van der Waals surface area contributed by atoms with E-state index in [1.807, 2.05) is 36.4 Å². The molecule has 1 saturated carbocycles. The number of phenols is 1. The van der Waals surface area contributed by atoms with E-state index in [0.717, 1.165) is 23.2 Å². The highest BCUT2D eigenvalue weighted by molar-refractivity contribution is 5.90. The molecule has 32 heavy (non-hydrogen) atoms. The van der Waals surface area contributed by atoms with Crippen molar-refractivity contribution in [1.29, 1.82) is 0 Å². The number of hydrogen-bond donors (Lipinski definition) is 2. The molecule has 5 atom stereocenters. The highest BCUT2D eigenvalue weighted by Gasteiger charge is 2.76. The van der Waals surface area contributed by atoms with E-state index in [1.54, 1.807) is 6.07 Å². The van der Waals surface area contributed by atoms with Gasteiger partial charge in [-0.3, -0.25) is 4.79 Å². The maximum atomic E-state index is 12.9. The van der Waals surface area contributed by atoms with Crippen LogP contribution in [0.5, 0.6) is 11.5 Å². The molecule has 2 aliphatic carbocycles. The van der Waals surface area contributed by atoms with Crippen LogP contribution in [0.1, 0.15) is 36.0 Å². The number of piperidine rings is 1. The van der Waals surface area contributed by atoms with Crippen molar-refractivity contribution in [3.8, 4) is 23.3 Å².